The van der Waals surface area contributed by atoms with Gasteiger partial charge >= 0.3 is 0 Å². The van der Waals surface area contributed by atoms with Crippen LogP contribution in [-0.4, -0.2) is 28.5 Å². The zero-order valence-corrected chi connectivity index (χ0v) is 16.5. The molecule has 0 fully saturated rings. The van der Waals surface area contributed by atoms with E-state index in [1.165, 1.54) is 19.3 Å². The van der Waals surface area contributed by atoms with Crippen molar-refractivity contribution in [3.05, 3.63) is 58.7 Å². The van der Waals surface area contributed by atoms with E-state index in [0.29, 0.717) is 19.3 Å². The van der Waals surface area contributed by atoms with Crippen molar-refractivity contribution in [1.82, 2.24) is 0 Å². The third kappa shape index (κ3) is 15.9. The molecular formula is C22H34NO4. The van der Waals surface area contributed by atoms with Gasteiger partial charge in [-0.15, -0.1) is 0 Å². The maximum atomic E-state index is 11.2. The molecule has 0 bridgehead atoms. The van der Waals surface area contributed by atoms with Crippen LogP contribution >= 0.6 is 0 Å². The first-order valence-corrected chi connectivity index (χ1v) is 9.90. The summed E-state index contributed by atoms with van der Waals surface area (Å²) in [6, 6.07) is -0.996. The van der Waals surface area contributed by atoms with E-state index in [9.17, 15) is 20.0 Å². The fourth-order valence-corrected chi connectivity index (χ4v) is 2.44. The van der Waals surface area contributed by atoms with Crippen molar-refractivity contribution in [2.75, 3.05) is 0 Å². The Morgan fingerprint density at radius 1 is 0.926 bits per heavy atom. The van der Waals surface area contributed by atoms with Crippen LogP contribution in [0.3, 0.4) is 0 Å². The molecule has 2 atom stereocenters. The van der Waals surface area contributed by atoms with Gasteiger partial charge in [0.1, 0.15) is 6.10 Å². The summed E-state index contributed by atoms with van der Waals surface area (Å²) >= 11 is 0. The van der Waals surface area contributed by atoms with Crippen LogP contribution in [0.15, 0.2) is 48.6 Å². The number of carbonyl (C=O) groups excluding carboxylic acids is 1. The van der Waals surface area contributed by atoms with Crippen LogP contribution in [0.2, 0.25) is 0 Å². The molecule has 0 heterocycles. The molecule has 0 saturated heterocycles. The molecule has 0 amide bonds. The first-order chi connectivity index (χ1) is 13.1. The summed E-state index contributed by atoms with van der Waals surface area (Å²) < 4.78 is 0. The second-order valence-corrected chi connectivity index (χ2v) is 6.43. The number of nitrogens with zero attached hydrogens (tertiary/aromatic N) is 1. The van der Waals surface area contributed by atoms with Gasteiger partial charge in [0.05, 0.1) is 0 Å². The van der Waals surface area contributed by atoms with Crippen molar-refractivity contribution in [1.29, 1.82) is 0 Å². The molecule has 0 aliphatic heterocycles. The van der Waals surface area contributed by atoms with Gasteiger partial charge in [0.25, 0.3) is 0 Å². The Hall–Kier alpha value is -2.01. The SMILES string of the molecule is CCCCC/C=C\C/C=C\CC(O)C(C/C=C\C/C=C\CC[C]=O)[N+](=O)[O-]. The lowest BCUT2D eigenvalue weighted by Gasteiger charge is -2.12. The second kappa shape index (κ2) is 18.8. The van der Waals surface area contributed by atoms with Gasteiger partial charge in [0, 0.05) is 17.8 Å². The van der Waals surface area contributed by atoms with E-state index in [4.69, 9.17) is 0 Å². The minimum Gasteiger partial charge on any atom is -0.386 e. The Balaban J connectivity index is 4.11. The largest absolute Gasteiger partial charge is 0.386 e. The number of nitro groups is 1. The fraction of sp³-hybridized carbons (Fsp3) is 0.591. The van der Waals surface area contributed by atoms with Crippen LogP contribution in [0.5, 0.6) is 0 Å². The Kier molecular flexibility index (Phi) is 17.4. The molecule has 1 radical (unpaired) electrons. The molecule has 0 spiro atoms. The predicted octanol–water partition coefficient (Wildman–Crippen LogP) is 5.25. The van der Waals surface area contributed by atoms with E-state index in [-0.39, 0.29) is 12.8 Å². The molecule has 0 aromatic heterocycles. The lowest BCUT2D eigenvalue weighted by molar-refractivity contribution is -0.533. The lowest BCUT2D eigenvalue weighted by Crippen LogP contribution is -2.32. The summed E-state index contributed by atoms with van der Waals surface area (Å²) in [5, 5.41) is 21.2. The second-order valence-electron chi connectivity index (χ2n) is 6.43. The molecule has 0 aliphatic rings. The Morgan fingerprint density at radius 2 is 1.52 bits per heavy atom. The average Bonchev–Trinajstić information content (AvgIpc) is 2.65. The summed E-state index contributed by atoms with van der Waals surface area (Å²) in [6.45, 7) is 2.18. The van der Waals surface area contributed by atoms with Gasteiger partial charge < -0.3 is 5.11 Å². The summed E-state index contributed by atoms with van der Waals surface area (Å²) in [7, 11) is 0. The standard InChI is InChI=1S/C22H34NO4/c1-2-3-4-5-6-7-10-13-16-19-22(25)21(23(26)27)18-15-12-9-8-11-14-17-20-24/h6-8,11-13,15-16,21-22,25H,2-5,9-10,14,17-19H2,1H3/b7-6-,11-8-,15-12-,16-13-. The quantitative estimate of drug-likeness (QED) is 0.163. The maximum Gasteiger partial charge on any atom is 0.242 e. The highest BCUT2D eigenvalue weighted by molar-refractivity contribution is 5.50. The Bertz CT molecular complexity index is 495. The van der Waals surface area contributed by atoms with Gasteiger partial charge in [-0.2, -0.15) is 0 Å². The number of unbranched alkanes of at least 4 members (excludes halogenated alkanes) is 4. The zero-order valence-electron chi connectivity index (χ0n) is 16.5. The molecule has 0 aromatic carbocycles. The van der Waals surface area contributed by atoms with Crippen LogP contribution in [0, 0.1) is 10.1 Å². The number of hydrogen-bond acceptors (Lipinski definition) is 4. The number of hydrogen-bond donors (Lipinski definition) is 1. The van der Waals surface area contributed by atoms with Crippen LogP contribution in [-0.2, 0) is 4.79 Å². The third-order valence-corrected chi connectivity index (χ3v) is 4.07. The highest BCUT2D eigenvalue weighted by atomic mass is 16.6. The van der Waals surface area contributed by atoms with Crippen molar-refractivity contribution < 1.29 is 14.8 Å². The summed E-state index contributed by atoms with van der Waals surface area (Å²) in [6.07, 6.45) is 23.9. The van der Waals surface area contributed by atoms with E-state index in [2.05, 4.69) is 19.1 Å². The molecule has 0 aromatic rings. The Labute approximate surface area is 163 Å². The fourth-order valence-electron chi connectivity index (χ4n) is 2.44. The summed E-state index contributed by atoms with van der Waals surface area (Å²) in [4.78, 5) is 20.8. The Morgan fingerprint density at radius 3 is 2.11 bits per heavy atom. The minimum atomic E-state index is -0.996. The van der Waals surface area contributed by atoms with Gasteiger partial charge in [-0.3, -0.25) is 14.9 Å². The minimum absolute atomic E-state index is 0.204. The maximum absolute atomic E-state index is 11.2. The zero-order chi connectivity index (χ0) is 20.2. The van der Waals surface area contributed by atoms with Crippen molar-refractivity contribution in [3.63, 3.8) is 0 Å². The third-order valence-electron chi connectivity index (χ3n) is 4.07. The number of aliphatic hydroxyl groups is 1. The molecule has 5 heteroatoms. The van der Waals surface area contributed by atoms with Crippen LogP contribution in [0.25, 0.3) is 0 Å². The average molecular weight is 377 g/mol. The van der Waals surface area contributed by atoms with Crippen molar-refractivity contribution >= 4 is 6.29 Å². The highest BCUT2D eigenvalue weighted by Gasteiger charge is 2.27. The topological polar surface area (TPSA) is 80.4 Å². The normalized spacial score (nSPS) is 14.6. The van der Waals surface area contributed by atoms with Gasteiger partial charge in [0.15, 0.2) is 6.29 Å². The van der Waals surface area contributed by atoms with E-state index in [1.54, 1.807) is 6.08 Å². The molecular weight excluding hydrogens is 342 g/mol. The van der Waals surface area contributed by atoms with Crippen molar-refractivity contribution in [3.8, 4) is 0 Å². The van der Waals surface area contributed by atoms with Gasteiger partial charge in [-0.25, -0.2) is 0 Å². The van der Waals surface area contributed by atoms with Crippen molar-refractivity contribution in [2.24, 2.45) is 0 Å². The molecule has 1 N–H and O–H groups in total. The van der Waals surface area contributed by atoms with E-state index in [1.807, 2.05) is 36.7 Å². The molecule has 0 aliphatic carbocycles. The monoisotopic (exact) mass is 376 g/mol. The van der Waals surface area contributed by atoms with Gasteiger partial charge in [0.2, 0.25) is 6.04 Å². The summed E-state index contributed by atoms with van der Waals surface area (Å²) in [5.74, 6) is 0. The van der Waals surface area contributed by atoms with Crippen LogP contribution in [0.1, 0.15) is 71.1 Å². The number of rotatable bonds is 17. The van der Waals surface area contributed by atoms with Gasteiger partial charge in [-0.05, 0) is 38.5 Å². The van der Waals surface area contributed by atoms with E-state index >= 15 is 0 Å². The molecule has 5 nitrogen and oxygen atoms in total. The number of allylic oxidation sites excluding steroid dienone is 6. The van der Waals surface area contributed by atoms with Crippen LogP contribution < -0.4 is 0 Å². The van der Waals surface area contributed by atoms with Gasteiger partial charge in [-0.1, -0.05) is 68.4 Å². The molecule has 2 unspecified atom stereocenters. The van der Waals surface area contributed by atoms with E-state index in [0.717, 1.165) is 12.8 Å². The molecule has 151 valence electrons. The summed E-state index contributed by atoms with van der Waals surface area (Å²) in [5.41, 5.74) is 0. The van der Waals surface area contributed by atoms with Crippen molar-refractivity contribution in [2.45, 2.75) is 83.3 Å². The molecule has 0 saturated carbocycles. The highest BCUT2D eigenvalue weighted by Crippen LogP contribution is 2.10. The smallest absolute Gasteiger partial charge is 0.242 e. The first kappa shape index (κ1) is 25.0. The molecule has 0 rings (SSSR count). The lowest BCUT2D eigenvalue weighted by atomic mass is 10.0. The molecule has 27 heavy (non-hydrogen) atoms. The van der Waals surface area contributed by atoms with Crippen LogP contribution in [0.4, 0.5) is 0 Å². The predicted molar refractivity (Wildman–Crippen MR) is 111 cm³/mol. The first-order valence-electron chi connectivity index (χ1n) is 9.90. The van der Waals surface area contributed by atoms with E-state index < -0.39 is 17.1 Å². The number of aliphatic hydroxyl groups excluding tert-OH is 1.